The Hall–Kier alpha value is -2.43. The number of nitrogen functional groups attached to an aromatic ring is 1. The lowest BCUT2D eigenvalue weighted by molar-refractivity contribution is 0.102. The number of aromatic nitrogens is 1. The van der Waals surface area contributed by atoms with Gasteiger partial charge in [0.25, 0.3) is 5.91 Å². The molecule has 2 rings (SSSR count). The molecule has 0 radical (unpaired) electrons. The molecule has 0 saturated heterocycles. The maximum atomic E-state index is 13.8. The number of pyridine rings is 1. The highest BCUT2D eigenvalue weighted by molar-refractivity contribution is 6.05. The molecular weight excluding hydrogens is 233 g/mol. The van der Waals surface area contributed by atoms with E-state index < -0.39 is 11.7 Å². The predicted molar refractivity (Wildman–Crippen MR) is 67.7 cm³/mol. The molecule has 18 heavy (non-hydrogen) atoms. The Labute approximate surface area is 104 Å². The van der Waals surface area contributed by atoms with E-state index in [0.29, 0.717) is 16.9 Å². The summed E-state index contributed by atoms with van der Waals surface area (Å²) in [6, 6.07) is 6.21. The molecule has 0 aliphatic rings. The van der Waals surface area contributed by atoms with Gasteiger partial charge >= 0.3 is 0 Å². The van der Waals surface area contributed by atoms with Gasteiger partial charge in [0.15, 0.2) is 0 Å². The summed E-state index contributed by atoms with van der Waals surface area (Å²) in [5.41, 5.74) is 6.80. The smallest absolute Gasteiger partial charge is 0.258 e. The van der Waals surface area contributed by atoms with Crippen molar-refractivity contribution in [3.8, 4) is 0 Å². The Morgan fingerprint density at radius 2 is 2.17 bits per heavy atom. The number of nitrogens with two attached hydrogens (primary N) is 1. The fraction of sp³-hybridized carbons (Fsp3) is 0.0769. The summed E-state index contributed by atoms with van der Waals surface area (Å²) in [5, 5.41) is 2.55. The van der Waals surface area contributed by atoms with Gasteiger partial charge in [0.05, 0.1) is 23.1 Å². The van der Waals surface area contributed by atoms with Gasteiger partial charge in [0.1, 0.15) is 5.82 Å². The molecule has 1 aromatic carbocycles. The fourth-order valence-electron chi connectivity index (χ4n) is 1.53. The van der Waals surface area contributed by atoms with E-state index in [4.69, 9.17) is 5.73 Å². The van der Waals surface area contributed by atoms with Crippen LogP contribution in [0.1, 0.15) is 15.9 Å². The van der Waals surface area contributed by atoms with Crippen molar-refractivity contribution in [2.45, 2.75) is 6.92 Å². The van der Waals surface area contributed by atoms with Crippen LogP contribution in [0, 0.1) is 12.7 Å². The molecule has 0 bridgehead atoms. The summed E-state index contributed by atoms with van der Waals surface area (Å²) >= 11 is 0. The molecule has 0 saturated carbocycles. The van der Waals surface area contributed by atoms with Crippen LogP contribution >= 0.6 is 0 Å². The Morgan fingerprint density at radius 3 is 2.89 bits per heavy atom. The molecule has 92 valence electrons. The molecule has 0 aliphatic carbocycles. The minimum Gasteiger partial charge on any atom is -0.396 e. The number of nitrogens with one attached hydrogen (secondary N) is 1. The normalized spacial score (nSPS) is 10.1. The summed E-state index contributed by atoms with van der Waals surface area (Å²) in [5.74, 6) is -1.06. The van der Waals surface area contributed by atoms with Gasteiger partial charge in [-0.05, 0) is 24.6 Å². The largest absolute Gasteiger partial charge is 0.396 e. The molecule has 0 aliphatic heterocycles. The standard InChI is InChI=1S/C13H12FN3O/c1-8-3-2-4-9(12(8)14)13(18)17-11-5-6-16-7-10(11)15/h2-7H,15H2,1H3,(H,16,17,18). The number of amides is 1. The van der Waals surface area contributed by atoms with E-state index in [2.05, 4.69) is 10.3 Å². The van der Waals surface area contributed by atoms with E-state index in [9.17, 15) is 9.18 Å². The van der Waals surface area contributed by atoms with Crippen LogP contribution in [0.4, 0.5) is 15.8 Å². The molecule has 1 amide bonds. The lowest BCUT2D eigenvalue weighted by Gasteiger charge is -2.08. The van der Waals surface area contributed by atoms with E-state index in [1.807, 2.05) is 0 Å². The predicted octanol–water partition coefficient (Wildman–Crippen LogP) is 2.36. The summed E-state index contributed by atoms with van der Waals surface area (Å²) in [4.78, 5) is 15.7. The van der Waals surface area contributed by atoms with Gasteiger partial charge in [-0.2, -0.15) is 0 Å². The minimum absolute atomic E-state index is 0.00814. The van der Waals surface area contributed by atoms with Crippen LogP contribution in [0.25, 0.3) is 0 Å². The van der Waals surface area contributed by atoms with Crippen molar-refractivity contribution in [1.29, 1.82) is 0 Å². The zero-order valence-electron chi connectivity index (χ0n) is 9.77. The van der Waals surface area contributed by atoms with Gasteiger partial charge in [-0.25, -0.2) is 4.39 Å². The van der Waals surface area contributed by atoms with Crippen LogP contribution in [-0.4, -0.2) is 10.9 Å². The third kappa shape index (κ3) is 2.29. The van der Waals surface area contributed by atoms with Crippen molar-refractivity contribution in [3.63, 3.8) is 0 Å². The third-order valence-corrected chi connectivity index (χ3v) is 2.54. The van der Waals surface area contributed by atoms with Gasteiger partial charge < -0.3 is 11.1 Å². The number of carbonyl (C=O) groups excluding carboxylic acids is 1. The molecule has 1 aromatic heterocycles. The Morgan fingerprint density at radius 1 is 1.39 bits per heavy atom. The molecule has 3 N–H and O–H groups in total. The quantitative estimate of drug-likeness (QED) is 0.853. The number of aryl methyl sites for hydroxylation is 1. The van der Waals surface area contributed by atoms with Gasteiger partial charge in [0.2, 0.25) is 0 Å². The molecule has 0 atom stereocenters. The van der Waals surface area contributed by atoms with E-state index >= 15 is 0 Å². The molecule has 1 heterocycles. The van der Waals surface area contributed by atoms with Gasteiger partial charge in [-0.3, -0.25) is 9.78 Å². The monoisotopic (exact) mass is 245 g/mol. The first-order valence-electron chi connectivity index (χ1n) is 5.35. The first kappa shape index (κ1) is 12.0. The minimum atomic E-state index is -0.533. The lowest BCUT2D eigenvalue weighted by atomic mass is 10.1. The summed E-state index contributed by atoms with van der Waals surface area (Å²) in [6.07, 6.45) is 2.92. The molecule has 0 spiro atoms. The topological polar surface area (TPSA) is 68.0 Å². The number of carbonyl (C=O) groups is 1. The fourth-order valence-corrected chi connectivity index (χ4v) is 1.53. The highest BCUT2D eigenvalue weighted by atomic mass is 19.1. The van der Waals surface area contributed by atoms with E-state index in [1.54, 1.807) is 25.1 Å². The molecule has 5 heteroatoms. The number of anilines is 2. The molecule has 0 fully saturated rings. The Kier molecular flexibility index (Phi) is 3.23. The van der Waals surface area contributed by atoms with Crippen LogP contribution in [0.15, 0.2) is 36.7 Å². The van der Waals surface area contributed by atoms with Crippen molar-refractivity contribution < 1.29 is 9.18 Å². The van der Waals surface area contributed by atoms with Gasteiger partial charge in [-0.15, -0.1) is 0 Å². The Balaban J connectivity index is 2.28. The van der Waals surface area contributed by atoms with Crippen molar-refractivity contribution in [3.05, 3.63) is 53.6 Å². The van der Waals surface area contributed by atoms with Crippen LogP contribution in [0.3, 0.4) is 0 Å². The second-order valence-electron chi connectivity index (χ2n) is 3.85. The van der Waals surface area contributed by atoms with Crippen molar-refractivity contribution >= 4 is 17.3 Å². The van der Waals surface area contributed by atoms with Crippen LogP contribution in [0.2, 0.25) is 0 Å². The maximum Gasteiger partial charge on any atom is 0.258 e. The number of benzene rings is 1. The van der Waals surface area contributed by atoms with Crippen molar-refractivity contribution in [2.75, 3.05) is 11.1 Å². The zero-order chi connectivity index (χ0) is 13.1. The zero-order valence-corrected chi connectivity index (χ0v) is 9.77. The molecule has 0 unspecified atom stereocenters. The number of hydrogen-bond acceptors (Lipinski definition) is 3. The third-order valence-electron chi connectivity index (χ3n) is 2.54. The van der Waals surface area contributed by atoms with E-state index in [1.165, 1.54) is 18.5 Å². The van der Waals surface area contributed by atoms with Crippen molar-refractivity contribution in [1.82, 2.24) is 4.98 Å². The number of rotatable bonds is 2. The second-order valence-corrected chi connectivity index (χ2v) is 3.85. The van der Waals surface area contributed by atoms with Crippen LogP contribution in [0.5, 0.6) is 0 Å². The van der Waals surface area contributed by atoms with Crippen molar-refractivity contribution in [2.24, 2.45) is 0 Å². The van der Waals surface area contributed by atoms with Crippen LogP contribution < -0.4 is 11.1 Å². The Bertz CT molecular complexity index is 599. The highest BCUT2D eigenvalue weighted by Crippen LogP contribution is 2.18. The van der Waals surface area contributed by atoms with Gasteiger partial charge in [0, 0.05) is 6.20 Å². The maximum absolute atomic E-state index is 13.8. The summed E-state index contributed by atoms with van der Waals surface area (Å²) in [7, 11) is 0. The van der Waals surface area contributed by atoms with Crippen LogP contribution in [-0.2, 0) is 0 Å². The molecule has 4 nitrogen and oxygen atoms in total. The first-order valence-corrected chi connectivity index (χ1v) is 5.35. The first-order chi connectivity index (χ1) is 8.59. The highest BCUT2D eigenvalue weighted by Gasteiger charge is 2.14. The SMILES string of the molecule is Cc1cccc(C(=O)Nc2ccncc2N)c1F. The summed E-state index contributed by atoms with van der Waals surface area (Å²) in [6.45, 7) is 1.60. The number of hydrogen-bond donors (Lipinski definition) is 2. The average molecular weight is 245 g/mol. The molecule has 2 aromatic rings. The molecular formula is C13H12FN3O. The number of halogens is 1. The van der Waals surface area contributed by atoms with E-state index in [-0.39, 0.29) is 5.56 Å². The number of nitrogens with zero attached hydrogens (tertiary/aromatic N) is 1. The lowest BCUT2D eigenvalue weighted by Crippen LogP contribution is -2.15. The second kappa shape index (κ2) is 4.83. The average Bonchev–Trinajstić information content (AvgIpc) is 2.35. The summed E-state index contributed by atoms with van der Waals surface area (Å²) < 4.78 is 13.8. The van der Waals surface area contributed by atoms with E-state index in [0.717, 1.165) is 0 Å². The van der Waals surface area contributed by atoms with Gasteiger partial charge in [-0.1, -0.05) is 12.1 Å².